The molecule has 0 saturated carbocycles. The Labute approximate surface area is 137 Å². The lowest BCUT2D eigenvalue weighted by atomic mass is 10.0. The van der Waals surface area contributed by atoms with Crippen LogP contribution in [-0.4, -0.2) is 26.4 Å². The number of nitrogens with one attached hydrogen (secondary N) is 1. The topological polar surface area (TPSA) is 15.3 Å². The highest BCUT2D eigenvalue weighted by Crippen LogP contribution is 2.37. The molecule has 0 radical (unpaired) electrons. The van der Waals surface area contributed by atoms with E-state index in [0.29, 0.717) is 0 Å². The fraction of sp³-hybridized carbons (Fsp3) is 0.368. The highest BCUT2D eigenvalue weighted by molar-refractivity contribution is 7.98. The van der Waals surface area contributed by atoms with Crippen LogP contribution in [0.2, 0.25) is 0 Å². The molecule has 0 spiro atoms. The summed E-state index contributed by atoms with van der Waals surface area (Å²) < 4.78 is 0. The van der Waals surface area contributed by atoms with Crippen molar-refractivity contribution in [2.45, 2.75) is 24.2 Å². The van der Waals surface area contributed by atoms with Crippen molar-refractivity contribution in [2.24, 2.45) is 0 Å². The predicted octanol–water partition coefficient (Wildman–Crippen LogP) is 4.25. The molecular formula is C19H24N2S. The Bertz CT molecular complexity index is 639. The summed E-state index contributed by atoms with van der Waals surface area (Å²) in [5.74, 6) is 0. The minimum Gasteiger partial charge on any atom is -0.341 e. The minimum absolute atomic E-state index is 1.05. The van der Waals surface area contributed by atoms with Gasteiger partial charge >= 0.3 is 0 Å². The van der Waals surface area contributed by atoms with E-state index in [2.05, 4.69) is 58.9 Å². The van der Waals surface area contributed by atoms with E-state index in [1.807, 2.05) is 18.8 Å². The molecule has 0 amide bonds. The van der Waals surface area contributed by atoms with E-state index in [0.717, 1.165) is 32.4 Å². The molecule has 1 N–H and O–H groups in total. The van der Waals surface area contributed by atoms with Crippen LogP contribution in [0.4, 0.5) is 11.4 Å². The number of nitrogens with zero attached hydrogens (tertiary/aromatic N) is 1. The van der Waals surface area contributed by atoms with Gasteiger partial charge in [0.15, 0.2) is 0 Å². The summed E-state index contributed by atoms with van der Waals surface area (Å²) in [5, 5.41) is 3.26. The van der Waals surface area contributed by atoms with E-state index in [-0.39, 0.29) is 0 Å². The largest absolute Gasteiger partial charge is 0.341 e. The Balaban J connectivity index is 2.03. The number of para-hydroxylation sites is 1. The van der Waals surface area contributed by atoms with Gasteiger partial charge in [-0.05, 0) is 68.4 Å². The third kappa shape index (κ3) is 3.16. The molecule has 0 bridgehead atoms. The van der Waals surface area contributed by atoms with Crippen molar-refractivity contribution < 1.29 is 0 Å². The van der Waals surface area contributed by atoms with E-state index >= 15 is 0 Å². The SMILES string of the molecule is CNCCCN1c2ccccc2CCc2ccc(SC)cc21. The van der Waals surface area contributed by atoms with Crippen LogP contribution in [0.5, 0.6) is 0 Å². The Morgan fingerprint density at radius 3 is 2.59 bits per heavy atom. The smallest absolute Gasteiger partial charge is 0.0454 e. The Morgan fingerprint density at radius 2 is 1.82 bits per heavy atom. The lowest BCUT2D eigenvalue weighted by Gasteiger charge is -2.27. The van der Waals surface area contributed by atoms with Gasteiger partial charge in [0.2, 0.25) is 0 Å². The zero-order chi connectivity index (χ0) is 15.4. The maximum atomic E-state index is 3.26. The van der Waals surface area contributed by atoms with Crippen LogP contribution in [0.25, 0.3) is 0 Å². The predicted molar refractivity (Wildman–Crippen MR) is 97.6 cm³/mol. The third-order valence-corrected chi connectivity index (χ3v) is 5.06. The third-order valence-electron chi connectivity index (χ3n) is 4.34. The summed E-state index contributed by atoms with van der Waals surface area (Å²) in [7, 11) is 2.02. The first kappa shape index (κ1) is 15.4. The second kappa shape index (κ2) is 7.21. The van der Waals surface area contributed by atoms with E-state index < -0.39 is 0 Å². The maximum absolute atomic E-state index is 3.26. The average Bonchev–Trinajstić information content (AvgIpc) is 2.72. The summed E-state index contributed by atoms with van der Waals surface area (Å²) in [6.07, 6.45) is 5.55. The molecule has 2 aromatic rings. The second-order valence-electron chi connectivity index (χ2n) is 5.73. The van der Waals surface area contributed by atoms with Crippen LogP contribution in [0.15, 0.2) is 47.4 Å². The molecule has 22 heavy (non-hydrogen) atoms. The summed E-state index contributed by atoms with van der Waals surface area (Å²) in [5.41, 5.74) is 5.72. The van der Waals surface area contributed by atoms with Crippen molar-refractivity contribution in [2.75, 3.05) is 31.3 Å². The Kier molecular flexibility index (Phi) is 5.06. The number of anilines is 2. The van der Waals surface area contributed by atoms with Crippen molar-refractivity contribution in [1.29, 1.82) is 0 Å². The van der Waals surface area contributed by atoms with E-state index in [4.69, 9.17) is 0 Å². The highest BCUT2D eigenvalue weighted by atomic mass is 32.2. The molecule has 116 valence electrons. The molecule has 3 rings (SSSR count). The first-order chi connectivity index (χ1) is 10.8. The molecule has 0 fully saturated rings. The zero-order valence-corrected chi connectivity index (χ0v) is 14.2. The molecule has 0 unspecified atom stereocenters. The summed E-state index contributed by atoms with van der Waals surface area (Å²) in [4.78, 5) is 3.87. The lowest BCUT2D eigenvalue weighted by Crippen LogP contribution is -2.23. The number of fused-ring (bicyclic) bond motifs is 2. The van der Waals surface area contributed by atoms with Gasteiger partial charge < -0.3 is 10.2 Å². The van der Waals surface area contributed by atoms with Crippen LogP contribution in [0.3, 0.4) is 0 Å². The van der Waals surface area contributed by atoms with Crippen molar-refractivity contribution in [3.63, 3.8) is 0 Å². The monoisotopic (exact) mass is 312 g/mol. The summed E-state index contributed by atoms with van der Waals surface area (Å²) in [6.45, 7) is 2.11. The van der Waals surface area contributed by atoms with Gasteiger partial charge in [-0.15, -0.1) is 11.8 Å². The van der Waals surface area contributed by atoms with Gasteiger partial charge in [0.05, 0.1) is 0 Å². The van der Waals surface area contributed by atoms with Gasteiger partial charge in [0.1, 0.15) is 0 Å². The van der Waals surface area contributed by atoms with Crippen LogP contribution in [0.1, 0.15) is 17.5 Å². The number of benzene rings is 2. The van der Waals surface area contributed by atoms with Crippen molar-refractivity contribution in [3.05, 3.63) is 53.6 Å². The number of hydrogen-bond donors (Lipinski definition) is 1. The molecule has 1 aliphatic rings. The molecule has 2 nitrogen and oxygen atoms in total. The molecule has 0 aliphatic carbocycles. The van der Waals surface area contributed by atoms with Gasteiger partial charge in [0, 0.05) is 22.8 Å². The van der Waals surface area contributed by atoms with Crippen LogP contribution in [0, 0.1) is 0 Å². The van der Waals surface area contributed by atoms with E-state index in [1.54, 1.807) is 0 Å². The van der Waals surface area contributed by atoms with Gasteiger partial charge in [-0.3, -0.25) is 0 Å². The number of aryl methyl sites for hydroxylation is 2. The first-order valence-corrected chi connectivity index (χ1v) is 9.23. The summed E-state index contributed by atoms with van der Waals surface area (Å²) >= 11 is 1.82. The lowest BCUT2D eigenvalue weighted by molar-refractivity contribution is 0.722. The summed E-state index contributed by atoms with van der Waals surface area (Å²) in [6, 6.07) is 15.8. The highest BCUT2D eigenvalue weighted by Gasteiger charge is 2.20. The fourth-order valence-corrected chi connectivity index (χ4v) is 3.61. The average molecular weight is 312 g/mol. The molecule has 1 aliphatic heterocycles. The van der Waals surface area contributed by atoms with Crippen LogP contribution >= 0.6 is 11.8 Å². The van der Waals surface area contributed by atoms with Crippen LogP contribution < -0.4 is 10.2 Å². The molecule has 3 heteroatoms. The first-order valence-electron chi connectivity index (χ1n) is 8.00. The fourth-order valence-electron chi connectivity index (χ4n) is 3.17. The van der Waals surface area contributed by atoms with E-state index in [1.165, 1.54) is 27.4 Å². The molecule has 0 atom stereocenters. The molecule has 0 saturated heterocycles. The Hall–Kier alpha value is -1.45. The quantitative estimate of drug-likeness (QED) is 0.656. The minimum atomic E-state index is 1.05. The maximum Gasteiger partial charge on any atom is 0.0454 e. The van der Waals surface area contributed by atoms with Crippen molar-refractivity contribution >= 4 is 23.1 Å². The molecular weight excluding hydrogens is 288 g/mol. The van der Waals surface area contributed by atoms with Gasteiger partial charge in [-0.2, -0.15) is 0 Å². The molecule has 0 aromatic heterocycles. The Morgan fingerprint density at radius 1 is 1.05 bits per heavy atom. The number of rotatable bonds is 5. The number of hydrogen-bond acceptors (Lipinski definition) is 3. The molecule has 1 heterocycles. The molecule has 2 aromatic carbocycles. The number of thioether (sulfide) groups is 1. The van der Waals surface area contributed by atoms with Gasteiger partial charge in [0.25, 0.3) is 0 Å². The normalized spacial score (nSPS) is 13.5. The van der Waals surface area contributed by atoms with Crippen LogP contribution in [-0.2, 0) is 12.8 Å². The van der Waals surface area contributed by atoms with Crippen molar-refractivity contribution in [1.82, 2.24) is 5.32 Å². The second-order valence-corrected chi connectivity index (χ2v) is 6.61. The van der Waals surface area contributed by atoms with Crippen molar-refractivity contribution in [3.8, 4) is 0 Å². The standard InChI is InChI=1S/C19H24N2S/c1-20-12-5-13-21-18-7-4-3-6-15(18)8-9-16-10-11-17(22-2)14-19(16)21/h3-4,6-7,10-11,14,20H,5,8-9,12-13H2,1-2H3. The van der Waals surface area contributed by atoms with Gasteiger partial charge in [-0.25, -0.2) is 0 Å². The van der Waals surface area contributed by atoms with E-state index in [9.17, 15) is 0 Å². The zero-order valence-electron chi connectivity index (χ0n) is 13.4. The van der Waals surface area contributed by atoms with Gasteiger partial charge in [-0.1, -0.05) is 24.3 Å².